The number of piperidine rings is 1. The predicted octanol–water partition coefficient (Wildman–Crippen LogP) is 2.93. The molecule has 8 nitrogen and oxygen atoms in total. The quantitative estimate of drug-likeness (QED) is 0.708. The summed E-state index contributed by atoms with van der Waals surface area (Å²) in [6.45, 7) is 3.82. The molecule has 4 rings (SSSR count). The molecule has 2 atom stereocenters. The molecule has 0 aromatic heterocycles. The monoisotopic (exact) mass is 463 g/mol. The number of sulfonamides is 2. The van der Waals surface area contributed by atoms with Gasteiger partial charge in [0.05, 0.1) is 16.2 Å². The highest BCUT2D eigenvalue weighted by Gasteiger charge is 2.35. The molecule has 2 aliphatic rings. The predicted molar refractivity (Wildman–Crippen MR) is 118 cm³/mol. The van der Waals surface area contributed by atoms with Gasteiger partial charge in [-0.05, 0) is 74.7 Å². The smallest absolute Gasteiger partial charge is 0.261 e. The van der Waals surface area contributed by atoms with E-state index >= 15 is 0 Å². The van der Waals surface area contributed by atoms with Crippen LogP contribution in [0.25, 0.3) is 0 Å². The molecule has 1 amide bonds. The largest absolute Gasteiger partial charge is 0.326 e. The Morgan fingerprint density at radius 1 is 0.935 bits per heavy atom. The number of rotatable bonds is 5. The lowest BCUT2D eigenvalue weighted by atomic mass is 10.0. The number of benzene rings is 2. The Bertz CT molecular complexity index is 1210. The zero-order chi connectivity index (χ0) is 22.4. The molecule has 0 spiro atoms. The third-order valence-electron chi connectivity index (χ3n) is 5.81. The zero-order valence-electron chi connectivity index (χ0n) is 17.3. The Hall–Kier alpha value is -2.43. The molecule has 166 valence electrons. The van der Waals surface area contributed by atoms with Crippen molar-refractivity contribution in [2.75, 3.05) is 10.0 Å². The van der Waals surface area contributed by atoms with Crippen molar-refractivity contribution >= 4 is 37.3 Å². The van der Waals surface area contributed by atoms with E-state index in [0.717, 1.165) is 19.3 Å². The molecule has 2 aliphatic heterocycles. The van der Waals surface area contributed by atoms with Crippen molar-refractivity contribution in [3.05, 3.63) is 48.0 Å². The van der Waals surface area contributed by atoms with E-state index in [-0.39, 0.29) is 39.9 Å². The van der Waals surface area contributed by atoms with Crippen LogP contribution in [-0.4, -0.2) is 39.1 Å². The summed E-state index contributed by atoms with van der Waals surface area (Å²) in [5, 5.41) is 2.66. The lowest BCUT2D eigenvalue weighted by Crippen LogP contribution is -2.47. The first-order valence-corrected chi connectivity index (χ1v) is 13.1. The number of carbonyl (C=O) groups is 1. The fourth-order valence-electron chi connectivity index (χ4n) is 4.27. The van der Waals surface area contributed by atoms with Crippen LogP contribution in [0.1, 0.15) is 38.7 Å². The second kappa shape index (κ2) is 7.92. The molecule has 1 saturated heterocycles. The molecular weight excluding hydrogens is 438 g/mol. The average Bonchev–Trinajstić information content (AvgIpc) is 3.07. The Balaban J connectivity index is 1.55. The van der Waals surface area contributed by atoms with E-state index in [0.29, 0.717) is 11.3 Å². The van der Waals surface area contributed by atoms with E-state index in [2.05, 4.69) is 10.0 Å². The third kappa shape index (κ3) is 4.19. The fourth-order valence-corrected chi connectivity index (χ4v) is 7.27. The third-order valence-corrected chi connectivity index (χ3v) is 9.33. The lowest BCUT2D eigenvalue weighted by Gasteiger charge is -2.37. The van der Waals surface area contributed by atoms with Gasteiger partial charge in [-0.2, -0.15) is 4.31 Å². The summed E-state index contributed by atoms with van der Waals surface area (Å²) in [6.07, 6.45) is 2.78. The van der Waals surface area contributed by atoms with Gasteiger partial charge in [-0.1, -0.05) is 6.42 Å². The zero-order valence-corrected chi connectivity index (χ0v) is 19.0. The maximum absolute atomic E-state index is 13.1. The van der Waals surface area contributed by atoms with Crippen LogP contribution >= 0.6 is 0 Å². The minimum atomic E-state index is -3.89. The summed E-state index contributed by atoms with van der Waals surface area (Å²) in [6, 6.07) is 10.0. The van der Waals surface area contributed by atoms with Gasteiger partial charge < -0.3 is 5.32 Å². The number of nitrogens with one attached hydrogen (secondary N) is 2. The lowest BCUT2D eigenvalue weighted by molar-refractivity contribution is -0.115. The Morgan fingerprint density at radius 3 is 2.19 bits per heavy atom. The van der Waals surface area contributed by atoms with Gasteiger partial charge >= 0.3 is 0 Å². The van der Waals surface area contributed by atoms with E-state index in [9.17, 15) is 21.6 Å². The van der Waals surface area contributed by atoms with Crippen LogP contribution in [0.5, 0.6) is 0 Å². The molecule has 2 aromatic rings. The first-order chi connectivity index (χ1) is 14.6. The number of hydrogen-bond donors (Lipinski definition) is 2. The van der Waals surface area contributed by atoms with E-state index in [1.807, 2.05) is 13.8 Å². The van der Waals surface area contributed by atoms with Crippen molar-refractivity contribution in [2.24, 2.45) is 0 Å². The first kappa shape index (κ1) is 21.8. The normalized spacial score (nSPS) is 22.1. The van der Waals surface area contributed by atoms with Crippen LogP contribution in [0.3, 0.4) is 0 Å². The number of amides is 1. The molecule has 0 saturated carbocycles. The van der Waals surface area contributed by atoms with Crippen molar-refractivity contribution in [1.82, 2.24) is 4.31 Å². The molecule has 1 fully saturated rings. The minimum Gasteiger partial charge on any atom is -0.326 e. The van der Waals surface area contributed by atoms with Crippen LogP contribution in [-0.2, 0) is 31.3 Å². The van der Waals surface area contributed by atoms with E-state index in [4.69, 9.17) is 0 Å². The molecule has 2 N–H and O–H groups in total. The van der Waals surface area contributed by atoms with Gasteiger partial charge in [0.25, 0.3) is 10.0 Å². The van der Waals surface area contributed by atoms with E-state index in [1.54, 1.807) is 10.4 Å². The highest BCUT2D eigenvalue weighted by Crippen LogP contribution is 2.31. The molecule has 0 unspecified atom stereocenters. The second-order valence-electron chi connectivity index (χ2n) is 8.14. The van der Waals surface area contributed by atoms with Crippen LogP contribution in [0.4, 0.5) is 11.4 Å². The summed E-state index contributed by atoms with van der Waals surface area (Å²) in [7, 11) is -7.56. The topological polar surface area (TPSA) is 113 Å². The Labute approximate surface area is 182 Å². The Morgan fingerprint density at radius 2 is 1.55 bits per heavy atom. The van der Waals surface area contributed by atoms with E-state index < -0.39 is 20.0 Å². The highest BCUT2D eigenvalue weighted by molar-refractivity contribution is 7.92. The van der Waals surface area contributed by atoms with Crippen molar-refractivity contribution in [3.8, 4) is 0 Å². The van der Waals surface area contributed by atoms with E-state index in [1.165, 1.54) is 36.4 Å². The van der Waals surface area contributed by atoms with Crippen LogP contribution in [0, 0.1) is 0 Å². The number of anilines is 2. The molecule has 0 aliphatic carbocycles. The van der Waals surface area contributed by atoms with Gasteiger partial charge in [-0.15, -0.1) is 0 Å². The van der Waals surface area contributed by atoms with Gasteiger partial charge in [-0.3, -0.25) is 9.52 Å². The SMILES string of the molecule is C[C@@H]1CCC[C@@H](C)N1S(=O)(=O)c1ccc(NS(=O)(=O)c2ccc3c(c2)CC(=O)N3)cc1. The molecule has 2 heterocycles. The van der Waals surface area contributed by atoms with Crippen molar-refractivity contribution in [2.45, 2.75) is 61.4 Å². The second-order valence-corrected chi connectivity index (χ2v) is 11.7. The van der Waals surface area contributed by atoms with Crippen molar-refractivity contribution in [1.29, 1.82) is 0 Å². The van der Waals surface area contributed by atoms with Gasteiger partial charge in [-0.25, -0.2) is 16.8 Å². The summed E-state index contributed by atoms with van der Waals surface area (Å²) < 4.78 is 55.8. The number of nitrogens with zero attached hydrogens (tertiary/aromatic N) is 1. The van der Waals surface area contributed by atoms with Gasteiger partial charge in [0.15, 0.2) is 0 Å². The Kier molecular flexibility index (Phi) is 5.57. The van der Waals surface area contributed by atoms with Crippen molar-refractivity contribution in [3.63, 3.8) is 0 Å². The molecule has 31 heavy (non-hydrogen) atoms. The van der Waals surface area contributed by atoms with Crippen LogP contribution in [0.15, 0.2) is 52.3 Å². The maximum Gasteiger partial charge on any atom is 0.261 e. The van der Waals surface area contributed by atoms with Crippen LogP contribution < -0.4 is 10.0 Å². The number of fused-ring (bicyclic) bond motifs is 1. The van der Waals surface area contributed by atoms with Crippen molar-refractivity contribution < 1.29 is 21.6 Å². The minimum absolute atomic E-state index is 0.0374. The van der Waals surface area contributed by atoms with Gasteiger partial charge in [0.1, 0.15) is 0 Å². The molecule has 10 heteroatoms. The fraction of sp³-hybridized carbons (Fsp3) is 0.381. The maximum atomic E-state index is 13.1. The van der Waals surface area contributed by atoms with Gasteiger partial charge in [0.2, 0.25) is 15.9 Å². The first-order valence-electron chi connectivity index (χ1n) is 10.2. The number of carbonyl (C=O) groups excluding carboxylic acids is 1. The molecule has 2 aromatic carbocycles. The average molecular weight is 464 g/mol. The van der Waals surface area contributed by atoms with Crippen LogP contribution in [0.2, 0.25) is 0 Å². The summed E-state index contributed by atoms with van der Waals surface area (Å²) in [4.78, 5) is 11.7. The molecule has 0 bridgehead atoms. The molecular formula is C21H25N3O5S2. The summed E-state index contributed by atoms with van der Waals surface area (Å²) in [5.74, 6) is -0.174. The summed E-state index contributed by atoms with van der Waals surface area (Å²) in [5.41, 5.74) is 1.49. The van der Waals surface area contributed by atoms with Gasteiger partial charge in [0, 0.05) is 23.5 Å². The standard InChI is InChI=1S/C21H25N3O5S2/c1-14-4-3-5-15(2)24(14)31(28,29)18-8-6-17(7-9-18)23-30(26,27)19-10-11-20-16(12-19)13-21(25)22-20/h6-12,14-15,23H,3-5,13H2,1-2H3,(H,22,25)/t14-,15-/m1/s1. The molecule has 0 radical (unpaired) electrons. The highest BCUT2D eigenvalue weighted by atomic mass is 32.2. The summed E-state index contributed by atoms with van der Waals surface area (Å²) >= 11 is 0. The number of hydrogen-bond acceptors (Lipinski definition) is 5.